The number of benzene rings is 1. The van der Waals surface area contributed by atoms with Gasteiger partial charge in [0.15, 0.2) is 11.5 Å². The number of likely N-dealkylation sites (tertiary alicyclic amines) is 1. The Balaban J connectivity index is 1.58. The van der Waals surface area contributed by atoms with Crippen LogP contribution in [0.25, 0.3) is 0 Å². The lowest BCUT2D eigenvalue weighted by Crippen LogP contribution is -2.58. The molecule has 2 fully saturated rings. The summed E-state index contributed by atoms with van der Waals surface area (Å²) in [5.41, 5.74) is 0.266. The largest absolute Gasteiger partial charge is 0.493 e. The zero-order valence-electron chi connectivity index (χ0n) is 17.7. The highest BCUT2D eigenvalue weighted by atomic mass is 16.5. The Bertz CT molecular complexity index is 826. The third kappa shape index (κ3) is 3.36. The normalized spacial score (nSPS) is 26.9. The molecule has 4 rings (SSSR count). The van der Waals surface area contributed by atoms with E-state index in [0.717, 1.165) is 43.9 Å². The quantitative estimate of drug-likeness (QED) is 0.802. The Morgan fingerprint density at radius 3 is 2.17 bits per heavy atom. The second kappa shape index (κ2) is 7.88. The van der Waals surface area contributed by atoms with Crippen molar-refractivity contribution in [2.45, 2.75) is 31.4 Å². The molecular weight excluding hydrogens is 370 g/mol. The van der Waals surface area contributed by atoms with Crippen LogP contribution in [0.4, 0.5) is 0 Å². The van der Waals surface area contributed by atoms with E-state index in [4.69, 9.17) is 14.2 Å². The summed E-state index contributed by atoms with van der Waals surface area (Å²) < 4.78 is 18.4. The number of aryl methyl sites for hydroxylation is 1. The lowest BCUT2D eigenvalue weighted by atomic mass is 9.65. The highest BCUT2D eigenvalue weighted by Gasteiger charge is 2.53. The Kier molecular flexibility index (Phi) is 5.44. The molecule has 158 valence electrons. The van der Waals surface area contributed by atoms with Crippen LogP contribution in [-0.2, 0) is 19.2 Å². The molecule has 2 heterocycles. The van der Waals surface area contributed by atoms with Crippen molar-refractivity contribution in [3.8, 4) is 17.2 Å². The number of methoxy groups -OCH3 is 3. The molecule has 1 aromatic heterocycles. The summed E-state index contributed by atoms with van der Waals surface area (Å²) in [4.78, 5) is 6.95. The first kappa shape index (κ1) is 20.0. The number of hydrogen-bond acceptors (Lipinski definition) is 6. The smallest absolute Gasteiger partial charge is 0.203 e. The first-order valence-corrected chi connectivity index (χ1v) is 10.2. The number of aromatic nitrogens is 2. The van der Waals surface area contributed by atoms with Crippen molar-refractivity contribution < 1.29 is 19.3 Å². The summed E-state index contributed by atoms with van der Waals surface area (Å²) in [7, 11) is 6.86. The van der Waals surface area contributed by atoms with Crippen LogP contribution < -0.4 is 14.2 Å². The van der Waals surface area contributed by atoms with Gasteiger partial charge in [0.1, 0.15) is 11.4 Å². The predicted molar refractivity (Wildman–Crippen MR) is 109 cm³/mol. The van der Waals surface area contributed by atoms with E-state index in [1.807, 2.05) is 29.9 Å². The monoisotopic (exact) mass is 401 g/mol. The standard InChI is InChI=1S/C22H31N3O4/c1-24-9-8-23-21(24)22(26)16-6-5-7-17(22)14-25(13-16)12-15-10-18(27-2)20(29-4)19(11-15)28-3/h8-11,16-17,26H,5-7,12-14H2,1-4H3/t16-,17-/m1/s1. The molecule has 2 aliphatic rings. The summed E-state index contributed by atoms with van der Waals surface area (Å²) in [5, 5.41) is 11.7. The first-order chi connectivity index (χ1) is 14.0. The summed E-state index contributed by atoms with van der Waals surface area (Å²) in [6.45, 7) is 2.47. The molecule has 7 heteroatoms. The van der Waals surface area contributed by atoms with Crippen molar-refractivity contribution in [2.75, 3.05) is 34.4 Å². The minimum atomic E-state index is -0.845. The molecule has 7 nitrogen and oxygen atoms in total. The van der Waals surface area contributed by atoms with E-state index in [0.29, 0.717) is 17.2 Å². The van der Waals surface area contributed by atoms with Crippen molar-refractivity contribution in [3.63, 3.8) is 0 Å². The van der Waals surface area contributed by atoms with Gasteiger partial charge in [-0.25, -0.2) is 4.98 Å². The topological polar surface area (TPSA) is 69.0 Å². The molecule has 0 amide bonds. The van der Waals surface area contributed by atoms with Gasteiger partial charge in [0.25, 0.3) is 0 Å². The Labute approximate surface area is 172 Å². The van der Waals surface area contributed by atoms with Gasteiger partial charge in [-0.15, -0.1) is 0 Å². The molecule has 1 saturated heterocycles. The van der Waals surface area contributed by atoms with Gasteiger partial charge in [0, 0.05) is 50.9 Å². The zero-order chi connectivity index (χ0) is 20.6. The number of fused-ring (bicyclic) bond motifs is 2. The Morgan fingerprint density at radius 1 is 1.07 bits per heavy atom. The molecule has 0 radical (unpaired) electrons. The number of ether oxygens (including phenoxy) is 3. The van der Waals surface area contributed by atoms with Crippen molar-refractivity contribution in [3.05, 3.63) is 35.9 Å². The van der Waals surface area contributed by atoms with Crippen molar-refractivity contribution in [1.82, 2.24) is 14.5 Å². The average Bonchev–Trinajstić information content (AvgIpc) is 3.14. The van der Waals surface area contributed by atoms with Crippen LogP contribution >= 0.6 is 0 Å². The van der Waals surface area contributed by atoms with Crippen LogP contribution in [0.1, 0.15) is 30.7 Å². The number of hydrogen-bond donors (Lipinski definition) is 1. The number of aliphatic hydroxyl groups is 1. The number of nitrogens with zero attached hydrogens (tertiary/aromatic N) is 3. The van der Waals surface area contributed by atoms with Gasteiger partial charge < -0.3 is 23.9 Å². The fraction of sp³-hybridized carbons (Fsp3) is 0.591. The SMILES string of the molecule is COc1cc(CN2C[C@H]3CCC[C@H](C2)C3(O)c2nccn2C)cc(OC)c1OC. The molecule has 1 aliphatic heterocycles. The number of rotatable bonds is 6. The molecule has 0 unspecified atom stereocenters. The first-order valence-electron chi connectivity index (χ1n) is 10.2. The van der Waals surface area contributed by atoms with Crippen molar-refractivity contribution >= 4 is 0 Å². The highest BCUT2D eigenvalue weighted by Crippen LogP contribution is 2.49. The maximum absolute atomic E-state index is 11.7. The van der Waals surface area contributed by atoms with Gasteiger partial charge in [-0.2, -0.15) is 0 Å². The Morgan fingerprint density at radius 2 is 1.69 bits per heavy atom. The maximum Gasteiger partial charge on any atom is 0.203 e. The van der Waals surface area contributed by atoms with Crippen LogP contribution in [0.3, 0.4) is 0 Å². The van der Waals surface area contributed by atoms with E-state index in [1.54, 1.807) is 27.5 Å². The molecule has 1 aromatic carbocycles. The van der Waals surface area contributed by atoms with Gasteiger partial charge in [0.05, 0.1) is 21.3 Å². The number of imidazole rings is 1. The van der Waals surface area contributed by atoms with Gasteiger partial charge in [-0.3, -0.25) is 4.90 Å². The van der Waals surface area contributed by atoms with E-state index >= 15 is 0 Å². The van der Waals surface area contributed by atoms with Gasteiger partial charge >= 0.3 is 0 Å². The molecule has 0 spiro atoms. The predicted octanol–water partition coefficient (Wildman–Crippen LogP) is 2.57. The van der Waals surface area contributed by atoms with E-state index < -0.39 is 5.60 Å². The third-order valence-electron chi connectivity index (χ3n) is 6.62. The molecule has 2 atom stereocenters. The lowest BCUT2D eigenvalue weighted by Gasteiger charge is -2.52. The van der Waals surface area contributed by atoms with Crippen LogP contribution in [0, 0.1) is 11.8 Å². The van der Waals surface area contributed by atoms with E-state index in [9.17, 15) is 5.11 Å². The molecule has 2 aromatic rings. The summed E-state index contributed by atoms with van der Waals surface area (Å²) >= 11 is 0. The van der Waals surface area contributed by atoms with Crippen LogP contribution in [0.15, 0.2) is 24.5 Å². The summed E-state index contributed by atoms with van der Waals surface area (Å²) in [6.07, 6.45) is 6.91. The molecular formula is C22H31N3O4. The summed E-state index contributed by atoms with van der Waals surface area (Å²) in [5.74, 6) is 3.11. The van der Waals surface area contributed by atoms with E-state index in [-0.39, 0.29) is 11.8 Å². The minimum absolute atomic E-state index is 0.179. The molecule has 1 aliphatic carbocycles. The van der Waals surface area contributed by atoms with Crippen molar-refractivity contribution in [1.29, 1.82) is 0 Å². The summed E-state index contributed by atoms with van der Waals surface area (Å²) in [6, 6.07) is 4.02. The fourth-order valence-corrected chi connectivity index (χ4v) is 5.27. The molecule has 2 bridgehead atoms. The number of piperidine rings is 1. The Hall–Kier alpha value is -2.25. The molecule has 29 heavy (non-hydrogen) atoms. The van der Waals surface area contributed by atoms with Gasteiger partial charge in [-0.05, 0) is 30.5 Å². The van der Waals surface area contributed by atoms with E-state index in [2.05, 4.69) is 9.88 Å². The fourth-order valence-electron chi connectivity index (χ4n) is 5.27. The van der Waals surface area contributed by atoms with Crippen molar-refractivity contribution in [2.24, 2.45) is 18.9 Å². The van der Waals surface area contributed by atoms with Crippen LogP contribution in [0.2, 0.25) is 0 Å². The van der Waals surface area contributed by atoms with Gasteiger partial charge in [-0.1, -0.05) is 6.42 Å². The molecule has 1 N–H and O–H groups in total. The minimum Gasteiger partial charge on any atom is -0.493 e. The maximum atomic E-state index is 11.7. The van der Waals surface area contributed by atoms with Crippen LogP contribution in [0.5, 0.6) is 17.2 Å². The average molecular weight is 402 g/mol. The molecule has 1 saturated carbocycles. The second-order valence-corrected chi connectivity index (χ2v) is 8.24. The lowest BCUT2D eigenvalue weighted by molar-refractivity contribution is -0.155. The van der Waals surface area contributed by atoms with Crippen LogP contribution in [-0.4, -0.2) is 54.0 Å². The third-order valence-corrected chi connectivity index (χ3v) is 6.62. The van der Waals surface area contributed by atoms with Gasteiger partial charge in [0.2, 0.25) is 5.75 Å². The van der Waals surface area contributed by atoms with E-state index in [1.165, 1.54) is 6.42 Å². The second-order valence-electron chi connectivity index (χ2n) is 8.24. The highest BCUT2D eigenvalue weighted by molar-refractivity contribution is 5.53. The zero-order valence-corrected chi connectivity index (χ0v) is 17.7.